The zero-order valence-corrected chi connectivity index (χ0v) is 77.7. The number of para-hydroxylation sites is 2. The van der Waals surface area contributed by atoms with Gasteiger partial charge in [-0.15, -0.1) is 30.8 Å². The smallest absolute Gasteiger partial charge is 0.338 e. The van der Waals surface area contributed by atoms with Crippen LogP contribution < -0.4 is 18.8 Å². The van der Waals surface area contributed by atoms with Crippen LogP contribution in [0.15, 0.2) is 107 Å². The van der Waals surface area contributed by atoms with E-state index in [1.54, 1.807) is 40.2 Å². The zero-order valence-electron chi connectivity index (χ0n) is 72.3. The number of esters is 2. The topological polar surface area (TPSA) is 253 Å². The number of aromatic amines is 2. The number of hydrogen-bond acceptors (Lipinski definition) is 21. The van der Waals surface area contributed by atoms with E-state index >= 15 is 0 Å². The van der Waals surface area contributed by atoms with Gasteiger partial charge in [-0.3, -0.25) is 14.6 Å². The van der Waals surface area contributed by atoms with Crippen LogP contribution in [0.25, 0.3) is 44.9 Å². The van der Waals surface area contributed by atoms with Crippen LogP contribution in [0, 0.1) is 0 Å². The average molecular weight is 1750 g/mol. The van der Waals surface area contributed by atoms with Gasteiger partial charge in [-0.2, -0.15) is 10.2 Å². The molecule has 2 saturated carbocycles. The lowest BCUT2D eigenvalue weighted by Crippen LogP contribution is -2.47. The predicted octanol–water partition coefficient (Wildman–Crippen LogP) is 15.4. The lowest BCUT2D eigenvalue weighted by Gasteiger charge is -2.37. The van der Waals surface area contributed by atoms with E-state index in [1.165, 1.54) is 0 Å². The number of anilines is 2. The molecule has 6 aromatic heterocycles. The van der Waals surface area contributed by atoms with Crippen LogP contribution in [-0.4, -0.2) is 243 Å². The fourth-order valence-corrected chi connectivity index (χ4v) is 18.2. The minimum Gasteiger partial charge on any atom is -0.461 e. The number of hydrogen-bond donors (Lipinski definition) is 2. The van der Waals surface area contributed by atoms with Gasteiger partial charge in [0.05, 0.1) is 83.1 Å². The van der Waals surface area contributed by atoms with Gasteiger partial charge in [0.15, 0.2) is 38.1 Å². The molecule has 2 fully saturated rings. The standard InChI is InChI=1S/C41H64N6O7SSi2.C40H61BrN6O7Si2.CH3F/c1-49-19-21-53-40(48)41(54-22-20-50-2)17-15-32(16-18-41)36-37(55-3)39(45(30-51-23-25-56(4,5)6)31-52-24-26-57(7,8)9)47-38(44-36)35(28-43-47)33-27-42-46(29-33)34-13-11-10-12-14-34;1-49-18-20-53-39(48)40(54-21-19-50-2)16-14-31(15-17-40)36-35(41)38(45(29-51-22-24-55(3,4)5)30-52-23-25-56(6,7)8)47-37(44-36)34(27-43-47)32-26-42-46(28-32)33-12-10-9-11-13-33;1-2/h10-14,27-29,32H,15-26,30-31H2,1-9H3;9-13,26-28,31H,14-25,29-30H2,1-8H3;1H3/p+2/i;;1D. The molecule has 8 aromatic rings. The summed E-state index contributed by atoms with van der Waals surface area (Å²) >= 11 is 5.74. The summed E-state index contributed by atoms with van der Waals surface area (Å²) in [7, 11) is 0.192. The Morgan fingerprint density at radius 3 is 1.23 bits per heavy atom. The number of carbonyl (C=O) groups excluding carboxylic acids is 2. The van der Waals surface area contributed by atoms with Gasteiger partial charge in [-0.25, -0.2) is 28.8 Å². The third-order valence-electron chi connectivity index (χ3n) is 20.4. The fourth-order valence-electron chi connectivity index (χ4n) is 13.6. The molecule has 6 heterocycles. The molecular weight excluding hydrogens is 1620 g/mol. The largest absolute Gasteiger partial charge is 0.461 e. The molecule has 10 rings (SSSR count). The van der Waals surface area contributed by atoms with E-state index in [2.05, 4.69) is 125 Å². The molecule has 0 amide bonds. The summed E-state index contributed by atoms with van der Waals surface area (Å²) in [6.07, 6.45) is 18.6. The van der Waals surface area contributed by atoms with Crippen LogP contribution in [0.5, 0.6) is 0 Å². The van der Waals surface area contributed by atoms with Gasteiger partial charge in [-0.05, 0) is 122 Å². The fraction of sp³-hybridized carbons (Fsp3) is 0.610. The highest BCUT2D eigenvalue weighted by atomic mass is 79.9. The van der Waals surface area contributed by atoms with Gasteiger partial charge in [0.25, 0.3) is 22.9 Å². The van der Waals surface area contributed by atoms with Crippen LogP contribution >= 0.6 is 27.7 Å². The highest BCUT2D eigenvalue weighted by molar-refractivity contribution is 9.10. The van der Waals surface area contributed by atoms with Crippen molar-refractivity contribution in [3.8, 4) is 33.6 Å². The van der Waals surface area contributed by atoms with E-state index in [9.17, 15) is 14.0 Å². The highest BCUT2D eigenvalue weighted by Gasteiger charge is 2.49. The van der Waals surface area contributed by atoms with E-state index in [-0.39, 0.29) is 37.0 Å². The Bertz CT molecular complexity index is 4220. The molecule has 115 heavy (non-hydrogen) atoms. The molecule has 0 bridgehead atoms. The summed E-state index contributed by atoms with van der Waals surface area (Å²) < 4.78 is 94.8. The number of thioether (sulfide) groups is 1. The maximum atomic E-state index is 13.6. The van der Waals surface area contributed by atoms with Crippen molar-refractivity contribution >= 4 is 94.9 Å². The number of H-pyrrole nitrogens is 2. The van der Waals surface area contributed by atoms with Gasteiger partial charge < -0.3 is 56.8 Å². The first-order valence-electron chi connectivity index (χ1n) is 40.8. The molecule has 636 valence electrons. The predicted molar refractivity (Wildman–Crippen MR) is 465 cm³/mol. The first-order valence-corrected chi connectivity index (χ1v) is 56.9. The minimum absolute atomic E-state index is 0.0244. The second-order valence-electron chi connectivity index (χ2n) is 34.1. The first kappa shape index (κ1) is 92.7. The Morgan fingerprint density at radius 2 is 0.870 bits per heavy atom. The number of methoxy groups -OCH3 is 4. The number of carbonyl (C=O) groups is 2. The molecular formula is C82H130BrFN12O14SSi4+2. The van der Waals surface area contributed by atoms with E-state index in [4.69, 9.17) is 78.4 Å². The molecule has 33 heteroatoms. The number of alkyl halides is 1. The molecule has 0 saturated heterocycles. The second-order valence-corrected chi connectivity index (χ2v) is 58.2. The van der Waals surface area contributed by atoms with Crippen LogP contribution in [0.1, 0.15) is 76.0 Å². The number of ether oxygens (including phenoxy) is 12. The van der Waals surface area contributed by atoms with Gasteiger partial charge >= 0.3 is 11.9 Å². The zero-order chi connectivity index (χ0) is 84.1. The first-order chi connectivity index (χ1) is 55.5. The normalized spacial score (nSPS) is 17.6. The summed E-state index contributed by atoms with van der Waals surface area (Å²) in [4.78, 5) is 43.5. The Hall–Kier alpha value is -6.13. The number of nitrogens with one attached hydrogen (secondary N) is 2. The van der Waals surface area contributed by atoms with Crippen molar-refractivity contribution in [3.63, 3.8) is 0 Å². The monoisotopic (exact) mass is 1750 g/mol. The van der Waals surface area contributed by atoms with Crippen molar-refractivity contribution in [2.75, 3.05) is 158 Å². The summed E-state index contributed by atoms with van der Waals surface area (Å²) in [5.74, 6) is 1.18. The van der Waals surface area contributed by atoms with Gasteiger partial charge in [-0.1, -0.05) is 115 Å². The molecule has 2 aliphatic rings. The Balaban J connectivity index is 0.000000280. The molecule has 2 aliphatic carbocycles. The molecule has 0 atom stereocenters. The maximum absolute atomic E-state index is 13.6. The molecule has 2 N–H and O–H groups in total. The summed E-state index contributed by atoms with van der Waals surface area (Å²) in [5.41, 5.74) is 6.97. The average Bonchev–Trinajstić information content (AvgIpc) is 1.54. The van der Waals surface area contributed by atoms with Crippen LogP contribution in [0.4, 0.5) is 16.0 Å². The van der Waals surface area contributed by atoms with Crippen molar-refractivity contribution in [2.24, 2.45) is 0 Å². The van der Waals surface area contributed by atoms with E-state index in [1.807, 2.05) is 112 Å². The van der Waals surface area contributed by atoms with E-state index in [0.29, 0.717) is 144 Å². The highest BCUT2D eigenvalue weighted by Crippen LogP contribution is 2.47. The lowest BCUT2D eigenvalue weighted by molar-refractivity contribution is -0.568. The Morgan fingerprint density at radius 1 is 0.530 bits per heavy atom. The second kappa shape index (κ2) is 45.3. The Labute approximate surface area is 698 Å². The quantitative estimate of drug-likeness (QED) is 0.00898. The van der Waals surface area contributed by atoms with Crippen LogP contribution in [0.3, 0.4) is 0 Å². The van der Waals surface area contributed by atoms with Crippen molar-refractivity contribution in [3.05, 3.63) is 114 Å². The summed E-state index contributed by atoms with van der Waals surface area (Å²) in [6, 6.07) is 24.4. The number of fused-ring (bicyclic) bond motifs is 2. The maximum Gasteiger partial charge on any atom is 0.338 e. The van der Waals surface area contributed by atoms with E-state index in [0.717, 1.165) is 101 Å². The Kier molecular flexibility index (Phi) is 36.6. The minimum atomic E-state index is -1.31. The van der Waals surface area contributed by atoms with Gasteiger partial charge in [0.2, 0.25) is 0 Å². The van der Waals surface area contributed by atoms with Crippen LogP contribution in [0.2, 0.25) is 103 Å². The number of nitrogens with zero attached hydrogens (tertiary/aromatic N) is 10. The number of rotatable bonds is 45. The number of aromatic nitrogens is 10. The van der Waals surface area contributed by atoms with Crippen molar-refractivity contribution < 1.29 is 81.2 Å². The van der Waals surface area contributed by atoms with E-state index < -0.39 is 50.7 Å². The molecule has 0 spiro atoms. The third-order valence-corrected chi connectivity index (χ3v) is 28.8. The lowest BCUT2D eigenvalue weighted by atomic mass is 9.77. The van der Waals surface area contributed by atoms with Gasteiger partial charge in [0, 0.05) is 135 Å². The molecule has 0 aliphatic heterocycles. The summed E-state index contributed by atoms with van der Waals surface area (Å²) in [5, 5.41) is 16.5. The molecule has 0 radical (unpaired) electrons. The van der Waals surface area contributed by atoms with Crippen molar-refractivity contribution in [2.45, 2.75) is 182 Å². The van der Waals surface area contributed by atoms with Crippen molar-refractivity contribution in [1.82, 2.24) is 39.7 Å². The van der Waals surface area contributed by atoms with Crippen molar-refractivity contribution in [1.29, 1.82) is 0 Å². The molecule has 0 unspecified atom stereocenters. The molecule has 2 aromatic carbocycles. The van der Waals surface area contributed by atoms with Crippen LogP contribution in [-0.2, 0) is 66.4 Å². The SMILES string of the molecule is COCCOC(=O)C1(OCCOC)CCC(c2nc3c(-c4cnn(-c5ccccc5)c4)c[nH][n+]3c(N(COCC[Si](C)(C)C)COCC[Si](C)(C)C)c2Br)CC1.COCCOC(=O)C1(OCCOC)CCC(c2nc3c(-c4cnn(-c5ccccc5)c4)c[nH][n+]3c(N(COCC[Si](C)(C)C)COCC[Si](C)(C)C)c2SC)CC1.[2H]CF. The number of benzene rings is 2. The summed E-state index contributed by atoms with van der Waals surface area (Å²) in [6.45, 7) is 34.9. The molecule has 26 nitrogen and oxygen atoms in total. The number of halogens is 2. The van der Waals surface area contributed by atoms with Gasteiger partial charge in [0.1, 0.15) is 34.0 Å². The third kappa shape index (κ3) is 27.4.